The molecule has 2 aromatic heterocycles. The molecule has 0 radical (unpaired) electrons. The number of anilines is 6. The maximum atomic E-state index is 11.1. The first kappa shape index (κ1) is 32.7. The molecule has 21 heteroatoms. The van der Waals surface area contributed by atoms with Crippen LogP contribution in [0.3, 0.4) is 0 Å². The van der Waals surface area contributed by atoms with Gasteiger partial charge in [0, 0.05) is 42.7 Å². The molecule has 19 nitrogen and oxygen atoms in total. The van der Waals surface area contributed by atoms with Crippen molar-refractivity contribution in [2.24, 2.45) is 4.99 Å². The average Bonchev–Trinajstić information content (AvgIpc) is 2.92. The van der Waals surface area contributed by atoms with Crippen LogP contribution < -0.4 is 21.3 Å². The first-order valence-corrected chi connectivity index (χ1v) is 14.6. The molecular formula is C21H29N11O8S2. The molecule has 0 aliphatic heterocycles. The van der Waals surface area contributed by atoms with E-state index in [1.807, 2.05) is 0 Å². The van der Waals surface area contributed by atoms with E-state index in [1.54, 1.807) is 31.2 Å². The molecule has 0 bridgehead atoms. The molecule has 0 fully saturated rings. The minimum atomic E-state index is -4.18. The van der Waals surface area contributed by atoms with Gasteiger partial charge in [-0.15, -0.1) is 4.33 Å². The Hall–Kier alpha value is -3.83. The zero-order chi connectivity index (χ0) is 30.2. The van der Waals surface area contributed by atoms with Crippen molar-refractivity contribution in [3.05, 3.63) is 30.1 Å². The molecule has 0 saturated carbocycles. The Bertz CT molecular complexity index is 1420. The predicted molar refractivity (Wildman–Crippen MR) is 154 cm³/mol. The van der Waals surface area contributed by atoms with Gasteiger partial charge < -0.3 is 31.1 Å². The van der Waals surface area contributed by atoms with Gasteiger partial charge >= 0.3 is 0 Å². The predicted octanol–water partition coefficient (Wildman–Crippen LogP) is 1.34. The standard InChI is InChI=1S/C21H29N11O8S2/c1-14-25-17(23-6-11-41-40-39-34)30-20(26-14)27-15-3-2-4-16(13-15)28-21-31-18(22-5-9-38-10-8-33)29-19(32-21)24-7-12-42(35,36)37/h2-4,6,13,33-34H,5,7-12H2,1H3,(H,35,36,37)(H,25,26,27,30)(H3,22,24,28,29,31,32)/b23-6-. The molecule has 0 aliphatic carbocycles. The molecule has 0 amide bonds. The van der Waals surface area contributed by atoms with Crippen molar-refractivity contribution >= 4 is 69.5 Å². The number of benzene rings is 1. The topological polar surface area (TPSA) is 260 Å². The van der Waals surface area contributed by atoms with Gasteiger partial charge in [0.25, 0.3) is 16.1 Å². The number of nitrogens with zero attached hydrogens (tertiary/aromatic N) is 7. The lowest BCUT2D eigenvalue weighted by atomic mass is 10.3. The molecule has 0 atom stereocenters. The Labute approximate surface area is 244 Å². The van der Waals surface area contributed by atoms with Crippen molar-refractivity contribution in [1.82, 2.24) is 29.9 Å². The minimum absolute atomic E-state index is 0.0619. The number of aromatic nitrogens is 6. The maximum Gasteiger partial charge on any atom is 0.266 e. The zero-order valence-corrected chi connectivity index (χ0v) is 23.8. The molecule has 0 unspecified atom stereocenters. The highest BCUT2D eigenvalue weighted by Gasteiger charge is 2.10. The monoisotopic (exact) mass is 627 g/mol. The minimum Gasteiger partial charge on any atom is -0.394 e. The summed E-state index contributed by atoms with van der Waals surface area (Å²) in [7, 11) is -4.18. The molecule has 0 saturated heterocycles. The fourth-order valence-electron chi connectivity index (χ4n) is 3.00. The van der Waals surface area contributed by atoms with Crippen molar-refractivity contribution in [2.45, 2.75) is 6.92 Å². The van der Waals surface area contributed by atoms with E-state index >= 15 is 0 Å². The number of rotatable bonds is 19. The second-order valence-electron chi connectivity index (χ2n) is 7.86. The number of aryl methyl sites for hydroxylation is 1. The van der Waals surface area contributed by atoms with E-state index in [2.05, 4.69) is 65.5 Å². The van der Waals surface area contributed by atoms with Crippen LogP contribution in [0, 0.1) is 6.92 Å². The van der Waals surface area contributed by atoms with Crippen molar-refractivity contribution in [3.8, 4) is 0 Å². The summed E-state index contributed by atoms with van der Waals surface area (Å²) in [6, 6.07) is 7.06. The lowest BCUT2D eigenvalue weighted by molar-refractivity contribution is -0.432. The van der Waals surface area contributed by atoms with Crippen LogP contribution in [0.5, 0.6) is 0 Å². The van der Waals surface area contributed by atoms with Crippen LogP contribution in [0.4, 0.5) is 41.1 Å². The lowest BCUT2D eigenvalue weighted by Gasteiger charge is -2.12. The Morgan fingerprint density at radius 2 is 1.62 bits per heavy atom. The fraction of sp³-hybridized carbons (Fsp3) is 0.381. The summed E-state index contributed by atoms with van der Waals surface area (Å²) in [5.74, 6) is 0.932. The number of hydrogen-bond donors (Lipinski definition) is 7. The molecule has 1 aromatic carbocycles. The van der Waals surface area contributed by atoms with Gasteiger partial charge in [-0.1, -0.05) is 11.1 Å². The number of aliphatic imine (C=N–C) groups is 1. The summed E-state index contributed by atoms with van der Waals surface area (Å²) >= 11 is 0.813. The van der Waals surface area contributed by atoms with E-state index in [0.29, 0.717) is 23.7 Å². The van der Waals surface area contributed by atoms with E-state index in [4.69, 9.17) is 19.7 Å². The third-order valence-corrected chi connectivity index (χ3v) is 5.74. The molecule has 0 spiro atoms. The van der Waals surface area contributed by atoms with E-state index in [9.17, 15) is 8.42 Å². The second kappa shape index (κ2) is 17.2. The normalized spacial score (nSPS) is 11.5. The van der Waals surface area contributed by atoms with Gasteiger partial charge in [0.05, 0.1) is 31.3 Å². The van der Waals surface area contributed by atoms with E-state index < -0.39 is 15.9 Å². The van der Waals surface area contributed by atoms with Gasteiger partial charge in [0.2, 0.25) is 23.8 Å². The molecule has 2 heterocycles. The van der Waals surface area contributed by atoms with Crippen molar-refractivity contribution < 1.29 is 37.4 Å². The van der Waals surface area contributed by atoms with E-state index in [0.717, 1.165) is 12.0 Å². The van der Waals surface area contributed by atoms with Crippen LogP contribution >= 0.6 is 12.0 Å². The number of aliphatic hydroxyl groups is 1. The van der Waals surface area contributed by atoms with Crippen LogP contribution in [-0.4, -0.2) is 104 Å². The van der Waals surface area contributed by atoms with Gasteiger partial charge in [-0.05, 0) is 25.1 Å². The van der Waals surface area contributed by atoms with Crippen molar-refractivity contribution in [3.63, 3.8) is 0 Å². The van der Waals surface area contributed by atoms with Crippen LogP contribution in [-0.2, 0) is 24.2 Å². The van der Waals surface area contributed by atoms with Gasteiger partial charge in [-0.2, -0.15) is 38.3 Å². The Morgan fingerprint density at radius 1 is 0.952 bits per heavy atom. The zero-order valence-electron chi connectivity index (χ0n) is 22.2. The van der Waals surface area contributed by atoms with Crippen LogP contribution in [0.15, 0.2) is 29.3 Å². The van der Waals surface area contributed by atoms with Crippen LogP contribution in [0.2, 0.25) is 0 Å². The molecular weight excluding hydrogens is 598 g/mol. The average molecular weight is 628 g/mol. The molecule has 0 aliphatic rings. The third-order valence-electron chi connectivity index (χ3n) is 4.58. The molecule has 228 valence electrons. The number of aliphatic hydroxyl groups excluding tert-OH is 1. The smallest absolute Gasteiger partial charge is 0.266 e. The molecule has 3 aromatic rings. The summed E-state index contributed by atoms with van der Waals surface area (Å²) in [4.78, 5) is 29.6. The van der Waals surface area contributed by atoms with Gasteiger partial charge in [-0.25, -0.2) is 10.2 Å². The van der Waals surface area contributed by atoms with Crippen molar-refractivity contribution in [1.29, 1.82) is 0 Å². The van der Waals surface area contributed by atoms with Gasteiger partial charge in [0.1, 0.15) is 5.82 Å². The van der Waals surface area contributed by atoms with Crippen molar-refractivity contribution in [2.75, 3.05) is 65.7 Å². The highest BCUT2D eigenvalue weighted by atomic mass is 32.2. The first-order chi connectivity index (χ1) is 20.2. The highest BCUT2D eigenvalue weighted by molar-refractivity contribution is 7.95. The van der Waals surface area contributed by atoms with Crippen LogP contribution in [0.25, 0.3) is 0 Å². The Balaban J connectivity index is 1.72. The fourth-order valence-corrected chi connectivity index (χ4v) is 3.59. The molecule has 7 N–H and O–H groups in total. The molecule has 3 rings (SSSR count). The largest absolute Gasteiger partial charge is 0.394 e. The lowest BCUT2D eigenvalue weighted by Crippen LogP contribution is -2.18. The summed E-state index contributed by atoms with van der Waals surface area (Å²) in [6.07, 6.45) is 1.47. The first-order valence-electron chi connectivity index (χ1n) is 12.1. The number of hydrogen-bond acceptors (Lipinski definition) is 19. The summed E-state index contributed by atoms with van der Waals surface area (Å²) < 4.78 is 40.6. The summed E-state index contributed by atoms with van der Waals surface area (Å²) in [5, 5.41) is 32.3. The quantitative estimate of drug-likeness (QED) is 0.0247. The Morgan fingerprint density at radius 3 is 2.29 bits per heavy atom. The second-order valence-corrected chi connectivity index (χ2v) is 10.1. The van der Waals surface area contributed by atoms with Crippen LogP contribution in [0.1, 0.15) is 5.82 Å². The van der Waals surface area contributed by atoms with Gasteiger partial charge in [-0.3, -0.25) is 4.55 Å². The highest BCUT2D eigenvalue weighted by Crippen LogP contribution is 2.22. The van der Waals surface area contributed by atoms with E-state index in [1.165, 1.54) is 6.21 Å². The number of ether oxygens (including phenoxy) is 1. The Kier molecular flexibility index (Phi) is 13.4. The van der Waals surface area contributed by atoms with Gasteiger partial charge in [0.15, 0.2) is 0 Å². The maximum absolute atomic E-state index is 11.1. The van der Waals surface area contributed by atoms with E-state index in [-0.39, 0.29) is 61.9 Å². The summed E-state index contributed by atoms with van der Waals surface area (Å²) in [6.45, 7) is 2.25. The third kappa shape index (κ3) is 12.8. The SMILES string of the molecule is Cc1nc(/N=C\CSOOO)nc(Nc2cccc(Nc3nc(NCCOCCO)nc(NCCS(=O)(=O)O)n3)c2)n1. The number of nitrogens with one attached hydrogen (secondary N) is 4. The molecule has 42 heavy (non-hydrogen) atoms. The summed E-state index contributed by atoms with van der Waals surface area (Å²) in [5.41, 5.74) is 1.20.